The van der Waals surface area contributed by atoms with Crippen molar-refractivity contribution in [1.82, 2.24) is 5.32 Å². The molecule has 0 bridgehead atoms. The average Bonchev–Trinajstić information content (AvgIpc) is 2.32. The van der Waals surface area contributed by atoms with Crippen LogP contribution in [-0.2, 0) is 9.84 Å². The SMILES string of the molecule is CCS(=O)(=O)CCNC1(CO)CCC(C)CC1. The summed E-state index contributed by atoms with van der Waals surface area (Å²) >= 11 is 0. The van der Waals surface area contributed by atoms with Crippen molar-refractivity contribution < 1.29 is 13.5 Å². The van der Waals surface area contributed by atoms with Crippen molar-refractivity contribution in [2.24, 2.45) is 5.92 Å². The van der Waals surface area contributed by atoms with Crippen molar-refractivity contribution >= 4 is 9.84 Å². The fourth-order valence-corrected chi connectivity index (χ4v) is 3.02. The van der Waals surface area contributed by atoms with E-state index in [9.17, 15) is 13.5 Å². The molecule has 0 amide bonds. The third-order valence-electron chi connectivity index (χ3n) is 3.89. The minimum absolute atomic E-state index is 0.103. The molecule has 102 valence electrons. The molecule has 1 saturated carbocycles. The van der Waals surface area contributed by atoms with Gasteiger partial charge in [0.05, 0.1) is 12.4 Å². The number of aliphatic hydroxyl groups excluding tert-OH is 1. The van der Waals surface area contributed by atoms with Gasteiger partial charge < -0.3 is 10.4 Å². The Morgan fingerprint density at radius 3 is 2.41 bits per heavy atom. The first-order valence-corrected chi connectivity index (χ1v) is 8.31. The molecule has 1 aliphatic carbocycles. The van der Waals surface area contributed by atoms with Crippen LogP contribution in [-0.4, -0.2) is 43.7 Å². The Kier molecular flexibility index (Phi) is 5.41. The fourth-order valence-electron chi connectivity index (χ4n) is 2.32. The molecule has 1 fully saturated rings. The maximum absolute atomic E-state index is 11.4. The Bertz CT molecular complexity index is 319. The second-order valence-electron chi connectivity index (χ2n) is 5.28. The lowest BCUT2D eigenvalue weighted by Crippen LogP contribution is -2.52. The zero-order valence-electron chi connectivity index (χ0n) is 10.9. The molecule has 4 nitrogen and oxygen atoms in total. The topological polar surface area (TPSA) is 66.4 Å². The lowest BCUT2D eigenvalue weighted by molar-refractivity contribution is 0.108. The highest BCUT2D eigenvalue weighted by Crippen LogP contribution is 2.31. The molecular formula is C12H25NO3S. The summed E-state index contributed by atoms with van der Waals surface area (Å²) in [4.78, 5) is 0. The van der Waals surface area contributed by atoms with Crippen molar-refractivity contribution in [3.63, 3.8) is 0 Å². The Morgan fingerprint density at radius 2 is 1.94 bits per heavy atom. The number of aliphatic hydroxyl groups is 1. The lowest BCUT2D eigenvalue weighted by Gasteiger charge is -2.39. The molecule has 0 aliphatic heterocycles. The maximum Gasteiger partial charge on any atom is 0.151 e. The maximum atomic E-state index is 11.4. The molecule has 17 heavy (non-hydrogen) atoms. The van der Waals surface area contributed by atoms with Crippen LogP contribution in [0.1, 0.15) is 39.5 Å². The molecule has 0 atom stereocenters. The molecule has 0 radical (unpaired) electrons. The van der Waals surface area contributed by atoms with E-state index in [4.69, 9.17) is 0 Å². The van der Waals surface area contributed by atoms with Gasteiger partial charge in [-0.3, -0.25) is 0 Å². The van der Waals surface area contributed by atoms with Crippen LogP contribution < -0.4 is 5.32 Å². The summed E-state index contributed by atoms with van der Waals surface area (Å²) in [5.41, 5.74) is -0.240. The van der Waals surface area contributed by atoms with E-state index in [1.165, 1.54) is 0 Å². The minimum Gasteiger partial charge on any atom is -0.394 e. The minimum atomic E-state index is -2.91. The fraction of sp³-hybridized carbons (Fsp3) is 1.00. The Morgan fingerprint density at radius 1 is 1.35 bits per heavy atom. The average molecular weight is 263 g/mol. The Labute approximate surface area is 105 Å². The van der Waals surface area contributed by atoms with Gasteiger partial charge in [0.1, 0.15) is 0 Å². The van der Waals surface area contributed by atoms with Gasteiger partial charge in [0, 0.05) is 17.8 Å². The van der Waals surface area contributed by atoms with Crippen LogP contribution in [0.2, 0.25) is 0 Å². The zero-order chi connectivity index (χ0) is 12.9. The van der Waals surface area contributed by atoms with Gasteiger partial charge in [-0.2, -0.15) is 0 Å². The standard InChI is InChI=1S/C12H25NO3S/c1-3-17(15,16)9-8-13-12(10-14)6-4-11(2)5-7-12/h11,13-14H,3-10H2,1-2H3. The predicted molar refractivity (Wildman–Crippen MR) is 69.8 cm³/mol. The van der Waals surface area contributed by atoms with E-state index in [2.05, 4.69) is 12.2 Å². The molecule has 0 aromatic heterocycles. The van der Waals surface area contributed by atoms with Gasteiger partial charge in [-0.15, -0.1) is 0 Å². The highest BCUT2D eigenvalue weighted by molar-refractivity contribution is 7.91. The second kappa shape index (κ2) is 6.16. The first kappa shape index (κ1) is 14.9. The monoisotopic (exact) mass is 263 g/mol. The third kappa shape index (κ3) is 4.56. The van der Waals surface area contributed by atoms with Crippen molar-refractivity contribution in [2.45, 2.75) is 45.1 Å². The van der Waals surface area contributed by atoms with E-state index in [0.29, 0.717) is 6.54 Å². The number of nitrogens with one attached hydrogen (secondary N) is 1. The quantitative estimate of drug-likeness (QED) is 0.749. The van der Waals surface area contributed by atoms with Crippen molar-refractivity contribution in [2.75, 3.05) is 24.7 Å². The van der Waals surface area contributed by atoms with Gasteiger partial charge in [0.2, 0.25) is 0 Å². The number of hydrogen-bond donors (Lipinski definition) is 2. The Hall–Kier alpha value is -0.130. The van der Waals surface area contributed by atoms with Crippen molar-refractivity contribution in [3.8, 4) is 0 Å². The van der Waals surface area contributed by atoms with Gasteiger partial charge >= 0.3 is 0 Å². The molecule has 1 aliphatic rings. The summed E-state index contributed by atoms with van der Waals surface area (Å²) in [6, 6.07) is 0. The molecule has 0 aromatic rings. The van der Waals surface area contributed by atoms with Crippen LogP contribution in [0.3, 0.4) is 0 Å². The van der Waals surface area contributed by atoms with E-state index >= 15 is 0 Å². The molecule has 1 rings (SSSR count). The lowest BCUT2D eigenvalue weighted by atomic mass is 9.77. The van der Waals surface area contributed by atoms with Crippen LogP contribution in [0, 0.1) is 5.92 Å². The molecule has 0 heterocycles. The van der Waals surface area contributed by atoms with Gasteiger partial charge in [-0.05, 0) is 31.6 Å². The zero-order valence-corrected chi connectivity index (χ0v) is 11.7. The largest absolute Gasteiger partial charge is 0.394 e. The highest BCUT2D eigenvalue weighted by Gasteiger charge is 2.33. The van der Waals surface area contributed by atoms with Crippen LogP contribution in [0.25, 0.3) is 0 Å². The molecule has 0 spiro atoms. The summed E-state index contributed by atoms with van der Waals surface area (Å²) in [6.45, 7) is 4.44. The third-order valence-corrected chi connectivity index (χ3v) is 5.59. The predicted octanol–water partition coefficient (Wildman–Crippen LogP) is 0.952. The summed E-state index contributed by atoms with van der Waals surface area (Å²) in [5, 5.41) is 12.8. The number of hydrogen-bond acceptors (Lipinski definition) is 4. The van der Waals surface area contributed by atoms with Crippen LogP contribution in [0.4, 0.5) is 0 Å². The molecule has 0 saturated heterocycles. The molecule has 5 heteroatoms. The molecule has 0 aromatic carbocycles. The van der Waals surface area contributed by atoms with Crippen molar-refractivity contribution in [3.05, 3.63) is 0 Å². The normalized spacial score (nSPS) is 30.4. The van der Waals surface area contributed by atoms with Gasteiger partial charge in [-0.1, -0.05) is 13.8 Å². The molecule has 2 N–H and O–H groups in total. The van der Waals surface area contributed by atoms with Gasteiger partial charge in [0.25, 0.3) is 0 Å². The van der Waals surface area contributed by atoms with E-state index in [1.807, 2.05) is 0 Å². The Balaban J connectivity index is 2.42. The van der Waals surface area contributed by atoms with E-state index in [1.54, 1.807) is 6.92 Å². The smallest absolute Gasteiger partial charge is 0.151 e. The van der Waals surface area contributed by atoms with Gasteiger partial charge in [0.15, 0.2) is 9.84 Å². The summed E-state index contributed by atoms with van der Waals surface area (Å²) in [5.74, 6) is 1.08. The van der Waals surface area contributed by atoms with Crippen LogP contribution >= 0.6 is 0 Å². The molecule has 0 unspecified atom stereocenters. The number of sulfone groups is 1. The van der Waals surface area contributed by atoms with Crippen LogP contribution in [0.5, 0.6) is 0 Å². The van der Waals surface area contributed by atoms with E-state index in [-0.39, 0.29) is 23.7 Å². The second-order valence-corrected chi connectivity index (χ2v) is 7.76. The first-order chi connectivity index (χ1) is 7.93. The molecular weight excluding hydrogens is 238 g/mol. The van der Waals surface area contributed by atoms with Gasteiger partial charge in [-0.25, -0.2) is 8.42 Å². The van der Waals surface area contributed by atoms with E-state index < -0.39 is 9.84 Å². The first-order valence-electron chi connectivity index (χ1n) is 6.49. The van der Waals surface area contributed by atoms with E-state index in [0.717, 1.165) is 31.6 Å². The van der Waals surface area contributed by atoms with Crippen molar-refractivity contribution in [1.29, 1.82) is 0 Å². The summed E-state index contributed by atoms with van der Waals surface area (Å²) in [7, 11) is -2.91. The number of rotatable bonds is 6. The highest BCUT2D eigenvalue weighted by atomic mass is 32.2. The summed E-state index contributed by atoms with van der Waals surface area (Å²) < 4.78 is 22.8. The summed E-state index contributed by atoms with van der Waals surface area (Å²) in [6.07, 6.45) is 4.09. The van der Waals surface area contributed by atoms with Crippen LogP contribution in [0.15, 0.2) is 0 Å².